The van der Waals surface area contributed by atoms with E-state index in [4.69, 9.17) is 5.11 Å². The normalized spacial score (nSPS) is 12.3. The van der Waals surface area contributed by atoms with Crippen molar-refractivity contribution >= 4 is 5.97 Å². The fourth-order valence-corrected chi connectivity index (χ4v) is 1.85. The summed E-state index contributed by atoms with van der Waals surface area (Å²) in [5.74, 6) is -0.918. The van der Waals surface area contributed by atoms with Gasteiger partial charge < -0.3 is 10.4 Å². The first-order valence-electron chi connectivity index (χ1n) is 6.55. The molecule has 1 aromatic heterocycles. The lowest BCUT2D eigenvalue weighted by atomic mass is 10.1. The molecule has 100 valence electrons. The van der Waals surface area contributed by atoms with Crippen LogP contribution in [0.5, 0.6) is 0 Å². The van der Waals surface area contributed by atoms with Gasteiger partial charge in [0.05, 0.1) is 11.3 Å². The third-order valence-corrected chi connectivity index (χ3v) is 2.98. The predicted molar refractivity (Wildman–Crippen MR) is 71.6 cm³/mol. The fourth-order valence-electron chi connectivity index (χ4n) is 1.85. The van der Waals surface area contributed by atoms with E-state index >= 15 is 0 Å². The second-order valence-electron chi connectivity index (χ2n) is 4.58. The van der Waals surface area contributed by atoms with Crippen LogP contribution in [0.3, 0.4) is 0 Å². The lowest BCUT2D eigenvalue weighted by Crippen LogP contribution is -2.26. The van der Waals surface area contributed by atoms with Crippen LogP contribution in [0.2, 0.25) is 0 Å². The highest BCUT2D eigenvalue weighted by atomic mass is 16.4. The Bertz CT molecular complexity index is 380. The fraction of sp³-hybridized carbons (Fsp3) is 0.571. The van der Waals surface area contributed by atoms with Gasteiger partial charge >= 0.3 is 5.97 Å². The zero-order chi connectivity index (χ0) is 13.4. The molecule has 0 spiro atoms. The molecule has 2 N–H and O–H groups in total. The predicted octanol–water partition coefficient (Wildman–Crippen LogP) is 2.84. The number of hydrogen-bond acceptors (Lipinski definition) is 3. The summed E-state index contributed by atoms with van der Waals surface area (Å²) in [5.41, 5.74) is 0.887. The molecule has 0 radical (unpaired) electrons. The maximum atomic E-state index is 11.0. The van der Waals surface area contributed by atoms with Crippen LogP contribution in [0.1, 0.15) is 55.6 Å². The Morgan fingerprint density at radius 2 is 2.28 bits per heavy atom. The van der Waals surface area contributed by atoms with E-state index in [2.05, 4.69) is 24.1 Å². The third kappa shape index (κ3) is 4.84. The van der Waals surface area contributed by atoms with Crippen molar-refractivity contribution in [2.24, 2.45) is 0 Å². The second kappa shape index (κ2) is 7.82. The Morgan fingerprint density at radius 3 is 2.94 bits per heavy atom. The minimum Gasteiger partial charge on any atom is -0.478 e. The monoisotopic (exact) mass is 250 g/mol. The molecule has 0 aliphatic rings. The molecule has 1 atom stereocenters. The number of carboxylic acids is 1. The van der Waals surface area contributed by atoms with Crippen LogP contribution >= 0.6 is 0 Å². The topological polar surface area (TPSA) is 62.2 Å². The van der Waals surface area contributed by atoms with Crippen molar-refractivity contribution in [3.63, 3.8) is 0 Å². The standard InChI is InChI=1S/C14H22N2O2/c1-3-4-5-7-11(2)16-10-13-12(14(17)18)8-6-9-15-13/h6,8-9,11,16H,3-5,7,10H2,1-2H3,(H,17,18). The van der Waals surface area contributed by atoms with Gasteiger partial charge in [-0.1, -0.05) is 26.2 Å². The van der Waals surface area contributed by atoms with E-state index in [1.807, 2.05) is 0 Å². The molecule has 0 aromatic carbocycles. The van der Waals surface area contributed by atoms with E-state index in [1.165, 1.54) is 19.3 Å². The molecule has 0 aliphatic carbocycles. The van der Waals surface area contributed by atoms with E-state index in [0.29, 0.717) is 18.3 Å². The van der Waals surface area contributed by atoms with Crippen molar-refractivity contribution in [2.75, 3.05) is 0 Å². The molecule has 0 saturated carbocycles. The molecule has 0 fully saturated rings. The molecular formula is C14H22N2O2. The number of hydrogen-bond donors (Lipinski definition) is 2. The summed E-state index contributed by atoms with van der Waals surface area (Å²) in [6.45, 7) is 4.82. The van der Waals surface area contributed by atoms with E-state index in [1.54, 1.807) is 18.3 Å². The van der Waals surface area contributed by atoms with Crippen LogP contribution in [0.25, 0.3) is 0 Å². The van der Waals surface area contributed by atoms with Crippen molar-refractivity contribution in [1.82, 2.24) is 10.3 Å². The van der Waals surface area contributed by atoms with Gasteiger partial charge in [-0.25, -0.2) is 4.79 Å². The van der Waals surface area contributed by atoms with Gasteiger partial charge in [-0.15, -0.1) is 0 Å². The molecule has 18 heavy (non-hydrogen) atoms. The third-order valence-electron chi connectivity index (χ3n) is 2.98. The van der Waals surface area contributed by atoms with Crippen LogP contribution in [0, 0.1) is 0 Å². The number of nitrogens with zero attached hydrogens (tertiary/aromatic N) is 1. The molecule has 1 heterocycles. The second-order valence-corrected chi connectivity index (χ2v) is 4.58. The minimum atomic E-state index is -0.918. The van der Waals surface area contributed by atoms with Crippen molar-refractivity contribution in [1.29, 1.82) is 0 Å². The smallest absolute Gasteiger partial charge is 0.337 e. The van der Waals surface area contributed by atoms with Gasteiger partial charge in [-0.3, -0.25) is 4.98 Å². The molecule has 1 rings (SSSR count). The minimum absolute atomic E-state index is 0.283. The first-order valence-corrected chi connectivity index (χ1v) is 6.55. The highest BCUT2D eigenvalue weighted by molar-refractivity contribution is 5.88. The zero-order valence-corrected chi connectivity index (χ0v) is 11.1. The number of carboxylic acid groups (broad SMARTS) is 1. The number of unbranched alkanes of at least 4 members (excludes halogenated alkanes) is 2. The average molecular weight is 250 g/mol. The average Bonchev–Trinajstić information content (AvgIpc) is 2.37. The largest absolute Gasteiger partial charge is 0.478 e. The molecule has 1 unspecified atom stereocenters. The van der Waals surface area contributed by atoms with E-state index < -0.39 is 5.97 Å². The highest BCUT2D eigenvalue weighted by Crippen LogP contribution is 2.07. The lowest BCUT2D eigenvalue weighted by Gasteiger charge is -2.14. The van der Waals surface area contributed by atoms with Crippen LogP contribution in [-0.2, 0) is 6.54 Å². The maximum absolute atomic E-state index is 11.0. The van der Waals surface area contributed by atoms with Gasteiger partial charge in [-0.2, -0.15) is 0 Å². The molecule has 0 aliphatic heterocycles. The van der Waals surface area contributed by atoms with Gasteiger partial charge in [0.15, 0.2) is 0 Å². The van der Waals surface area contributed by atoms with Crippen molar-refractivity contribution in [3.8, 4) is 0 Å². The number of aromatic nitrogens is 1. The molecule has 1 aromatic rings. The SMILES string of the molecule is CCCCCC(C)NCc1ncccc1C(=O)O. The summed E-state index contributed by atoms with van der Waals surface area (Å²) in [7, 11) is 0. The summed E-state index contributed by atoms with van der Waals surface area (Å²) in [6, 6.07) is 3.63. The Morgan fingerprint density at radius 1 is 1.50 bits per heavy atom. The van der Waals surface area contributed by atoms with Gasteiger partial charge in [0.1, 0.15) is 0 Å². The summed E-state index contributed by atoms with van der Waals surface area (Å²) in [5, 5.41) is 12.4. The molecule has 0 bridgehead atoms. The number of aromatic carboxylic acids is 1. The van der Waals surface area contributed by atoms with Crippen LogP contribution in [-0.4, -0.2) is 22.1 Å². The molecule has 0 amide bonds. The van der Waals surface area contributed by atoms with E-state index in [0.717, 1.165) is 6.42 Å². The van der Waals surface area contributed by atoms with Crippen molar-refractivity contribution in [2.45, 2.75) is 52.1 Å². The quantitative estimate of drug-likeness (QED) is 0.696. The molecule has 4 heteroatoms. The molecule has 4 nitrogen and oxygen atoms in total. The number of nitrogens with one attached hydrogen (secondary N) is 1. The van der Waals surface area contributed by atoms with Gasteiger partial charge in [-0.05, 0) is 25.5 Å². The van der Waals surface area contributed by atoms with Crippen LogP contribution in [0.4, 0.5) is 0 Å². The first kappa shape index (κ1) is 14.6. The Balaban J connectivity index is 2.45. The number of rotatable bonds is 8. The summed E-state index contributed by atoms with van der Waals surface area (Å²) in [6.07, 6.45) is 6.42. The van der Waals surface area contributed by atoms with Gasteiger partial charge in [0, 0.05) is 18.8 Å². The Kier molecular flexibility index (Phi) is 6.36. The molecule has 0 saturated heterocycles. The number of pyridine rings is 1. The zero-order valence-electron chi connectivity index (χ0n) is 11.1. The molecular weight excluding hydrogens is 228 g/mol. The Hall–Kier alpha value is -1.42. The van der Waals surface area contributed by atoms with E-state index in [9.17, 15) is 4.79 Å². The lowest BCUT2D eigenvalue weighted by molar-refractivity contribution is 0.0695. The maximum Gasteiger partial charge on any atom is 0.337 e. The van der Waals surface area contributed by atoms with Crippen molar-refractivity contribution in [3.05, 3.63) is 29.6 Å². The van der Waals surface area contributed by atoms with E-state index in [-0.39, 0.29) is 5.56 Å². The van der Waals surface area contributed by atoms with Gasteiger partial charge in [0.25, 0.3) is 0 Å². The first-order chi connectivity index (χ1) is 8.65. The summed E-state index contributed by atoms with van der Waals surface area (Å²) >= 11 is 0. The van der Waals surface area contributed by atoms with Gasteiger partial charge in [0.2, 0.25) is 0 Å². The summed E-state index contributed by atoms with van der Waals surface area (Å²) < 4.78 is 0. The van der Waals surface area contributed by atoms with Crippen LogP contribution < -0.4 is 5.32 Å². The highest BCUT2D eigenvalue weighted by Gasteiger charge is 2.11. The van der Waals surface area contributed by atoms with Crippen LogP contribution in [0.15, 0.2) is 18.3 Å². The Labute approximate surface area is 108 Å². The van der Waals surface area contributed by atoms with Crippen molar-refractivity contribution < 1.29 is 9.90 Å². The summed E-state index contributed by atoms with van der Waals surface area (Å²) in [4.78, 5) is 15.1. The number of carbonyl (C=O) groups is 1.